The van der Waals surface area contributed by atoms with Gasteiger partial charge in [-0.15, -0.1) is 0 Å². The van der Waals surface area contributed by atoms with Gasteiger partial charge in [0.25, 0.3) is 0 Å². The number of hydrogen-bond acceptors (Lipinski definition) is 2. The van der Waals surface area contributed by atoms with Crippen molar-refractivity contribution >= 4 is 31.9 Å². The van der Waals surface area contributed by atoms with Crippen LogP contribution in [0.15, 0.2) is 50.0 Å². The van der Waals surface area contributed by atoms with Gasteiger partial charge in [0.05, 0.1) is 6.04 Å². The van der Waals surface area contributed by atoms with Gasteiger partial charge in [-0.1, -0.05) is 35.0 Å². The molecule has 0 aliphatic carbocycles. The summed E-state index contributed by atoms with van der Waals surface area (Å²) in [6.07, 6.45) is 2.03. The van der Waals surface area contributed by atoms with Crippen molar-refractivity contribution in [3.05, 3.63) is 56.9 Å². The quantitative estimate of drug-likeness (QED) is 0.747. The summed E-state index contributed by atoms with van der Waals surface area (Å²) in [7, 11) is 0. The second kappa shape index (κ2) is 7.27. The van der Waals surface area contributed by atoms with Crippen LogP contribution >= 0.6 is 31.9 Å². The molecule has 0 saturated carbocycles. The van der Waals surface area contributed by atoms with Crippen LogP contribution in [0, 0.1) is 0 Å². The average molecular weight is 387 g/mol. The van der Waals surface area contributed by atoms with E-state index in [-0.39, 0.29) is 6.04 Å². The molecule has 2 rings (SSSR count). The largest absolute Gasteiger partial charge is 0.453 e. The molecule has 0 aliphatic heterocycles. The topological polar surface area (TPSA) is 25.2 Å². The van der Waals surface area contributed by atoms with E-state index in [2.05, 4.69) is 68.4 Å². The number of hydrogen-bond donors (Lipinski definition) is 1. The summed E-state index contributed by atoms with van der Waals surface area (Å²) >= 11 is 6.82. The first-order valence-electron chi connectivity index (χ1n) is 6.42. The van der Waals surface area contributed by atoms with Crippen molar-refractivity contribution in [3.8, 4) is 0 Å². The zero-order chi connectivity index (χ0) is 13.7. The van der Waals surface area contributed by atoms with Crippen LogP contribution in [-0.4, -0.2) is 6.54 Å². The van der Waals surface area contributed by atoms with E-state index in [1.807, 2.05) is 12.1 Å². The maximum Gasteiger partial charge on any atom is 0.169 e. The molecular weight excluding hydrogens is 370 g/mol. The molecule has 4 heteroatoms. The Balaban J connectivity index is 2.11. The fourth-order valence-electron chi connectivity index (χ4n) is 1.96. The molecule has 0 bridgehead atoms. The Labute approximate surface area is 130 Å². The first kappa shape index (κ1) is 14.8. The molecule has 0 radical (unpaired) electrons. The summed E-state index contributed by atoms with van der Waals surface area (Å²) in [4.78, 5) is 0. The first-order chi connectivity index (χ1) is 9.19. The van der Waals surface area contributed by atoms with E-state index in [1.54, 1.807) is 0 Å². The van der Waals surface area contributed by atoms with E-state index in [0.29, 0.717) is 0 Å². The summed E-state index contributed by atoms with van der Waals surface area (Å²) in [6.45, 7) is 3.15. The Morgan fingerprint density at radius 3 is 2.42 bits per heavy atom. The zero-order valence-corrected chi connectivity index (χ0v) is 14.0. The van der Waals surface area contributed by atoms with E-state index < -0.39 is 0 Å². The molecule has 1 atom stereocenters. The van der Waals surface area contributed by atoms with Crippen molar-refractivity contribution in [2.45, 2.75) is 25.8 Å². The lowest BCUT2D eigenvalue weighted by Crippen LogP contribution is -2.23. The van der Waals surface area contributed by atoms with Crippen LogP contribution in [0.5, 0.6) is 0 Å². The standard InChI is InChI=1S/C15H17Br2NO/c1-2-9-18-13(14-7-8-15(17)19-14)10-11-3-5-12(16)6-4-11/h3-8,13,18H,2,9-10H2,1H3. The van der Waals surface area contributed by atoms with Gasteiger partial charge in [0.15, 0.2) is 4.67 Å². The summed E-state index contributed by atoms with van der Waals surface area (Å²) in [5.74, 6) is 0.975. The molecule has 2 aromatic rings. The second-order valence-corrected chi connectivity index (χ2v) is 6.18. The molecule has 1 aromatic carbocycles. The van der Waals surface area contributed by atoms with Gasteiger partial charge < -0.3 is 9.73 Å². The minimum atomic E-state index is 0.215. The van der Waals surface area contributed by atoms with Gasteiger partial charge in [-0.2, -0.15) is 0 Å². The molecule has 0 amide bonds. The molecule has 0 aliphatic rings. The highest BCUT2D eigenvalue weighted by atomic mass is 79.9. The maximum atomic E-state index is 5.68. The molecule has 102 valence electrons. The molecule has 19 heavy (non-hydrogen) atoms. The highest BCUT2D eigenvalue weighted by Crippen LogP contribution is 2.24. The second-order valence-electron chi connectivity index (χ2n) is 4.48. The Hall–Kier alpha value is -0.580. The van der Waals surface area contributed by atoms with Gasteiger partial charge in [-0.25, -0.2) is 0 Å². The first-order valence-corrected chi connectivity index (χ1v) is 8.00. The average Bonchev–Trinajstić information content (AvgIpc) is 2.83. The van der Waals surface area contributed by atoms with Crippen molar-refractivity contribution in [1.82, 2.24) is 5.32 Å². The van der Waals surface area contributed by atoms with Gasteiger partial charge >= 0.3 is 0 Å². The van der Waals surface area contributed by atoms with Crippen LogP contribution in [0.1, 0.15) is 30.7 Å². The summed E-state index contributed by atoms with van der Waals surface area (Å²) in [6, 6.07) is 12.6. The lowest BCUT2D eigenvalue weighted by atomic mass is 10.0. The molecule has 1 aromatic heterocycles. The normalized spacial score (nSPS) is 12.6. The minimum absolute atomic E-state index is 0.215. The predicted molar refractivity (Wildman–Crippen MR) is 85.3 cm³/mol. The molecule has 1 heterocycles. The fourth-order valence-corrected chi connectivity index (χ4v) is 2.55. The van der Waals surface area contributed by atoms with Crippen molar-refractivity contribution in [2.75, 3.05) is 6.54 Å². The van der Waals surface area contributed by atoms with Gasteiger partial charge in [0.1, 0.15) is 5.76 Å². The molecule has 1 N–H and O–H groups in total. The molecule has 0 fully saturated rings. The van der Waals surface area contributed by atoms with Crippen molar-refractivity contribution in [1.29, 1.82) is 0 Å². The predicted octanol–water partition coefficient (Wildman–Crippen LogP) is 5.09. The fraction of sp³-hybridized carbons (Fsp3) is 0.333. The summed E-state index contributed by atoms with van der Waals surface area (Å²) in [5.41, 5.74) is 1.30. The minimum Gasteiger partial charge on any atom is -0.453 e. The van der Waals surface area contributed by atoms with Gasteiger partial charge in [-0.3, -0.25) is 0 Å². The van der Waals surface area contributed by atoms with Gasteiger partial charge in [0.2, 0.25) is 0 Å². The van der Waals surface area contributed by atoms with Crippen molar-refractivity contribution in [2.24, 2.45) is 0 Å². The Morgan fingerprint density at radius 2 is 1.84 bits per heavy atom. The van der Waals surface area contributed by atoms with Crippen LogP contribution in [0.4, 0.5) is 0 Å². The molecule has 1 unspecified atom stereocenters. The third kappa shape index (κ3) is 4.48. The van der Waals surface area contributed by atoms with Crippen LogP contribution < -0.4 is 5.32 Å². The number of nitrogens with one attached hydrogen (secondary N) is 1. The lowest BCUT2D eigenvalue weighted by molar-refractivity contribution is 0.400. The monoisotopic (exact) mass is 385 g/mol. The number of rotatable bonds is 6. The van der Waals surface area contributed by atoms with E-state index in [0.717, 1.165) is 34.3 Å². The summed E-state index contributed by atoms with van der Waals surface area (Å²) < 4.78 is 7.57. The highest BCUT2D eigenvalue weighted by Gasteiger charge is 2.15. The number of furan rings is 1. The Bertz CT molecular complexity index is 507. The smallest absolute Gasteiger partial charge is 0.169 e. The third-order valence-electron chi connectivity index (χ3n) is 2.93. The number of halogens is 2. The molecular formula is C15H17Br2NO. The highest BCUT2D eigenvalue weighted by molar-refractivity contribution is 9.10. The Kier molecular flexibility index (Phi) is 5.67. The van der Waals surface area contributed by atoms with Gasteiger partial charge in [-0.05, 0) is 65.1 Å². The van der Waals surface area contributed by atoms with Crippen LogP contribution in [0.3, 0.4) is 0 Å². The van der Waals surface area contributed by atoms with Crippen molar-refractivity contribution < 1.29 is 4.42 Å². The third-order valence-corrected chi connectivity index (χ3v) is 3.89. The Morgan fingerprint density at radius 1 is 1.11 bits per heavy atom. The molecule has 0 saturated heterocycles. The molecule has 2 nitrogen and oxygen atoms in total. The van der Waals surface area contributed by atoms with E-state index in [4.69, 9.17) is 4.42 Å². The zero-order valence-electron chi connectivity index (χ0n) is 10.8. The van der Waals surface area contributed by atoms with E-state index >= 15 is 0 Å². The van der Waals surface area contributed by atoms with E-state index in [9.17, 15) is 0 Å². The van der Waals surface area contributed by atoms with E-state index in [1.165, 1.54) is 5.56 Å². The van der Waals surface area contributed by atoms with Crippen LogP contribution in [-0.2, 0) is 6.42 Å². The van der Waals surface area contributed by atoms with Crippen molar-refractivity contribution in [3.63, 3.8) is 0 Å². The summed E-state index contributed by atoms with van der Waals surface area (Å²) in [5, 5.41) is 3.54. The number of benzene rings is 1. The van der Waals surface area contributed by atoms with Crippen LogP contribution in [0.25, 0.3) is 0 Å². The lowest BCUT2D eigenvalue weighted by Gasteiger charge is -2.16. The SMILES string of the molecule is CCCNC(Cc1ccc(Br)cc1)c1ccc(Br)o1. The van der Waals surface area contributed by atoms with Crippen LogP contribution in [0.2, 0.25) is 0 Å². The maximum absolute atomic E-state index is 5.68. The van der Waals surface area contributed by atoms with Gasteiger partial charge in [0, 0.05) is 4.47 Å². The molecule has 0 spiro atoms.